The first kappa shape index (κ1) is 18.3. The van der Waals surface area contributed by atoms with Crippen LogP contribution < -0.4 is 10.1 Å². The van der Waals surface area contributed by atoms with Crippen LogP contribution in [0.15, 0.2) is 0 Å². The third kappa shape index (κ3) is 3.71. The molecule has 2 N–H and O–H groups in total. The number of nitrogens with zero attached hydrogens (tertiary/aromatic N) is 2. The first-order valence-electron chi connectivity index (χ1n) is 8.46. The Morgan fingerprint density at radius 2 is 2.00 bits per heavy atom. The van der Waals surface area contributed by atoms with Crippen molar-refractivity contribution in [2.75, 3.05) is 6.61 Å². The lowest BCUT2D eigenvalue weighted by molar-refractivity contribution is -0.150. The quantitative estimate of drug-likeness (QED) is 0.827. The molecule has 7 nitrogen and oxygen atoms in total. The Hall–Kier alpha value is -2.05. The highest BCUT2D eigenvalue weighted by atomic mass is 16.5. The minimum atomic E-state index is -1.16. The molecule has 0 aliphatic heterocycles. The lowest BCUT2D eigenvalue weighted by Gasteiger charge is -2.37. The number of ether oxygens (including phenoxy) is 1. The molecule has 1 aliphatic rings. The van der Waals surface area contributed by atoms with Gasteiger partial charge in [0, 0.05) is 7.05 Å². The maximum absolute atomic E-state index is 12.2. The first-order valence-corrected chi connectivity index (χ1v) is 8.46. The van der Waals surface area contributed by atoms with Gasteiger partial charge < -0.3 is 15.2 Å². The van der Waals surface area contributed by atoms with Crippen molar-refractivity contribution in [3.63, 3.8) is 0 Å². The molecule has 1 aromatic heterocycles. The Balaban J connectivity index is 1.98. The summed E-state index contributed by atoms with van der Waals surface area (Å²) in [4.78, 5) is 24.0. The van der Waals surface area contributed by atoms with E-state index in [0.717, 1.165) is 25.0 Å². The van der Waals surface area contributed by atoms with E-state index in [2.05, 4.69) is 17.3 Å². The van der Waals surface area contributed by atoms with Crippen LogP contribution in [0, 0.1) is 19.8 Å². The fourth-order valence-corrected chi connectivity index (χ4v) is 3.37. The lowest BCUT2D eigenvalue weighted by Crippen LogP contribution is -2.57. The zero-order valence-electron chi connectivity index (χ0n) is 14.9. The maximum Gasteiger partial charge on any atom is 0.329 e. The number of rotatable bonds is 6. The van der Waals surface area contributed by atoms with Gasteiger partial charge in [0.1, 0.15) is 11.2 Å². The smallest absolute Gasteiger partial charge is 0.329 e. The minimum Gasteiger partial charge on any atom is -0.480 e. The van der Waals surface area contributed by atoms with Crippen molar-refractivity contribution in [2.45, 2.75) is 58.4 Å². The molecule has 0 bridgehead atoms. The SMILES string of the molecule is CCC1CCC(NC(=O)COc2c(C)nn(C)c2C)(C(=O)O)CC1. The average Bonchev–Trinajstić information content (AvgIpc) is 2.78. The number of hydrogen-bond acceptors (Lipinski definition) is 4. The Kier molecular flexibility index (Phi) is 5.51. The van der Waals surface area contributed by atoms with E-state index in [4.69, 9.17) is 4.74 Å². The zero-order chi connectivity index (χ0) is 17.9. The van der Waals surface area contributed by atoms with Gasteiger partial charge in [0.15, 0.2) is 12.4 Å². The summed E-state index contributed by atoms with van der Waals surface area (Å²) in [5.41, 5.74) is 0.376. The highest BCUT2D eigenvalue weighted by Gasteiger charge is 2.42. The molecule has 0 unspecified atom stereocenters. The fourth-order valence-electron chi connectivity index (χ4n) is 3.37. The van der Waals surface area contributed by atoms with Crippen molar-refractivity contribution in [3.8, 4) is 5.75 Å². The summed E-state index contributed by atoms with van der Waals surface area (Å²) < 4.78 is 7.26. The molecule has 0 atom stereocenters. The van der Waals surface area contributed by atoms with E-state index >= 15 is 0 Å². The van der Waals surface area contributed by atoms with Gasteiger partial charge in [-0.25, -0.2) is 4.79 Å². The van der Waals surface area contributed by atoms with Crippen molar-refractivity contribution in [3.05, 3.63) is 11.4 Å². The lowest BCUT2D eigenvalue weighted by atomic mass is 9.75. The normalized spacial score (nSPS) is 23.8. The van der Waals surface area contributed by atoms with Crippen LogP contribution in [0.3, 0.4) is 0 Å². The van der Waals surface area contributed by atoms with Crippen LogP contribution in [0.1, 0.15) is 50.4 Å². The molecular weight excluding hydrogens is 310 g/mol. The van der Waals surface area contributed by atoms with Gasteiger partial charge in [0.25, 0.3) is 5.91 Å². The Bertz CT molecular complexity index is 616. The number of carbonyl (C=O) groups excluding carboxylic acids is 1. The van der Waals surface area contributed by atoms with E-state index in [9.17, 15) is 14.7 Å². The van der Waals surface area contributed by atoms with Crippen LogP contribution in [0.2, 0.25) is 0 Å². The average molecular weight is 337 g/mol. The van der Waals surface area contributed by atoms with Crippen LogP contribution in [0.5, 0.6) is 5.75 Å². The van der Waals surface area contributed by atoms with E-state index in [1.54, 1.807) is 11.7 Å². The van der Waals surface area contributed by atoms with Gasteiger partial charge >= 0.3 is 5.97 Å². The van der Waals surface area contributed by atoms with Crippen LogP contribution in [-0.4, -0.2) is 38.9 Å². The maximum atomic E-state index is 12.2. The highest BCUT2D eigenvalue weighted by Crippen LogP contribution is 2.34. The second-order valence-corrected chi connectivity index (χ2v) is 6.70. The molecule has 7 heteroatoms. The zero-order valence-corrected chi connectivity index (χ0v) is 14.9. The standard InChI is InChI=1S/C17H27N3O4/c1-5-13-6-8-17(9-7-13,16(22)23)18-14(21)10-24-15-11(2)19-20(4)12(15)3/h13H,5-10H2,1-4H3,(H,18,21)(H,22,23). The Labute approximate surface area is 142 Å². The number of aliphatic carboxylic acids is 1. The van der Waals surface area contributed by atoms with Gasteiger partial charge in [-0.05, 0) is 45.4 Å². The molecule has 1 fully saturated rings. The van der Waals surface area contributed by atoms with Crippen LogP contribution in [-0.2, 0) is 16.6 Å². The Morgan fingerprint density at radius 3 is 2.46 bits per heavy atom. The van der Waals surface area contributed by atoms with Gasteiger partial charge in [0.2, 0.25) is 0 Å². The van der Waals surface area contributed by atoms with Crippen LogP contribution >= 0.6 is 0 Å². The molecule has 0 radical (unpaired) electrons. The van der Waals surface area contributed by atoms with Crippen LogP contribution in [0.4, 0.5) is 0 Å². The molecule has 1 heterocycles. The van der Waals surface area contributed by atoms with Crippen LogP contribution in [0.25, 0.3) is 0 Å². The van der Waals surface area contributed by atoms with Crippen molar-refractivity contribution < 1.29 is 19.4 Å². The monoisotopic (exact) mass is 337 g/mol. The minimum absolute atomic E-state index is 0.209. The molecule has 134 valence electrons. The second-order valence-electron chi connectivity index (χ2n) is 6.70. The molecule has 24 heavy (non-hydrogen) atoms. The number of nitrogens with one attached hydrogen (secondary N) is 1. The summed E-state index contributed by atoms with van der Waals surface area (Å²) in [7, 11) is 1.81. The van der Waals surface area contributed by atoms with Gasteiger partial charge in [-0.3, -0.25) is 9.48 Å². The largest absolute Gasteiger partial charge is 0.480 e. The molecule has 1 saturated carbocycles. The molecule has 0 aromatic carbocycles. The second kappa shape index (κ2) is 7.23. The number of hydrogen-bond donors (Lipinski definition) is 2. The summed E-state index contributed by atoms with van der Waals surface area (Å²) in [6.07, 6.45) is 3.64. The summed E-state index contributed by atoms with van der Waals surface area (Å²) in [6.45, 7) is 5.58. The van der Waals surface area contributed by atoms with Gasteiger partial charge in [-0.1, -0.05) is 13.3 Å². The Morgan fingerprint density at radius 1 is 1.38 bits per heavy atom. The van der Waals surface area contributed by atoms with E-state index in [-0.39, 0.29) is 6.61 Å². The number of carboxylic acids is 1. The number of amides is 1. The summed E-state index contributed by atoms with van der Waals surface area (Å²) >= 11 is 0. The molecule has 1 aliphatic carbocycles. The third-order valence-electron chi connectivity index (χ3n) is 5.11. The summed E-state index contributed by atoms with van der Waals surface area (Å²) in [5, 5.41) is 16.5. The number of carboxylic acid groups (broad SMARTS) is 1. The van der Waals surface area contributed by atoms with Gasteiger partial charge in [0.05, 0.1) is 5.69 Å². The molecule has 1 aromatic rings. The topological polar surface area (TPSA) is 93.5 Å². The molecule has 1 amide bonds. The van der Waals surface area contributed by atoms with Crippen molar-refractivity contribution in [2.24, 2.45) is 13.0 Å². The van der Waals surface area contributed by atoms with Crippen molar-refractivity contribution >= 4 is 11.9 Å². The molecular formula is C17H27N3O4. The molecule has 2 rings (SSSR count). The van der Waals surface area contributed by atoms with Gasteiger partial charge in [-0.2, -0.15) is 5.10 Å². The predicted octanol–water partition coefficient (Wildman–Crippen LogP) is 1.96. The first-order chi connectivity index (χ1) is 11.3. The predicted molar refractivity (Wildman–Crippen MR) is 88.9 cm³/mol. The fraction of sp³-hybridized carbons (Fsp3) is 0.706. The number of aromatic nitrogens is 2. The van der Waals surface area contributed by atoms with Gasteiger partial charge in [-0.15, -0.1) is 0 Å². The van der Waals surface area contributed by atoms with E-state index in [1.165, 1.54) is 0 Å². The van der Waals surface area contributed by atoms with Crippen molar-refractivity contribution in [1.29, 1.82) is 0 Å². The summed E-state index contributed by atoms with van der Waals surface area (Å²) in [5.74, 6) is -0.243. The molecule has 0 saturated heterocycles. The van der Waals surface area contributed by atoms with E-state index in [0.29, 0.717) is 30.2 Å². The summed E-state index contributed by atoms with van der Waals surface area (Å²) in [6, 6.07) is 0. The van der Waals surface area contributed by atoms with E-state index < -0.39 is 17.4 Å². The third-order valence-corrected chi connectivity index (χ3v) is 5.11. The van der Waals surface area contributed by atoms with Crippen molar-refractivity contribution in [1.82, 2.24) is 15.1 Å². The number of aryl methyl sites for hydroxylation is 2. The highest BCUT2D eigenvalue weighted by molar-refractivity contribution is 5.87. The number of carbonyl (C=O) groups is 2. The molecule has 0 spiro atoms. The van der Waals surface area contributed by atoms with E-state index in [1.807, 2.05) is 13.8 Å².